The lowest BCUT2D eigenvalue weighted by Gasteiger charge is -2.26. The van der Waals surface area contributed by atoms with Crippen LogP contribution in [0.15, 0.2) is 24.3 Å². The zero-order valence-electron chi connectivity index (χ0n) is 8.53. The highest BCUT2D eigenvalue weighted by molar-refractivity contribution is 7.99. The molecule has 1 heterocycles. The van der Waals surface area contributed by atoms with Gasteiger partial charge in [0.1, 0.15) is 5.82 Å². The summed E-state index contributed by atoms with van der Waals surface area (Å²) in [5, 5.41) is 10.1. The van der Waals surface area contributed by atoms with Crippen LogP contribution >= 0.6 is 11.8 Å². The minimum Gasteiger partial charge on any atom is -0.388 e. The molecule has 1 aliphatic heterocycles. The standard InChI is InChI=1S/C12H15FOS/c13-11-3-1-9(2-4-11)12(14)10-5-7-15-8-6-10/h1-4,10,12,14H,5-8H2. The average molecular weight is 226 g/mol. The Balaban J connectivity index is 2.05. The smallest absolute Gasteiger partial charge is 0.123 e. The van der Waals surface area contributed by atoms with Crippen LogP contribution in [0.3, 0.4) is 0 Å². The number of thioether (sulfide) groups is 1. The maximum atomic E-state index is 12.7. The molecule has 3 heteroatoms. The number of hydrogen-bond acceptors (Lipinski definition) is 2. The minimum atomic E-state index is -0.425. The Kier molecular flexibility index (Phi) is 3.65. The summed E-state index contributed by atoms with van der Waals surface area (Å²) in [6, 6.07) is 6.19. The van der Waals surface area contributed by atoms with Gasteiger partial charge in [0.2, 0.25) is 0 Å². The largest absolute Gasteiger partial charge is 0.388 e. The predicted octanol–water partition coefficient (Wildman–Crippen LogP) is 3.00. The lowest BCUT2D eigenvalue weighted by atomic mass is 9.91. The molecule has 1 fully saturated rings. The normalized spacial score (nSPS) is 20.1. The van der Waals surface area contributed by atoms with Crippen molar-refractivity contribution in [1.82, 2.24) is 0 Å². The van der Waals surface area contributed by atoms with Crippen LogP contribution in [0.2, 0.25) is 0 Å². The van der Waals surface area contributed by atoms with Crippen molar-refractivity contribution in [3.05, 3.63) is 35.6 Å². The third kappa shape index (κ3) is 2.73. The first kappa shape index (κ1) is 11.0. The molecular formula is C12H15FOS. The van der Waals surface area contributed by atoms with Crippen molar-refractivity contribution >= 4 is 11.8 Å². The van der Waals surface area contributed by atoms with E-state index in [1.165, 1.54) is 12.1 Å². The molecule has 0 amide bonds. The Hall–Kier alpha value is -0.540. The monoisotopic (exact) mass is 226 g/mol. The number of halogens is 1. The first-order valence-electron chi connectivity index (χ1n) is 5.28. The maximum absolute atomic E-state index is 12.7. The van der Waals surface area contributed by atoms with Crippen molar-refractivity contribution in [2.75, 3.05) is 11.5 Å². The van der Waals surface area contributed by atoms with E-state index >= 15 is 0 Å². The van der Waals surface area contributed by atoms with Gasteiger partial charge in [0.05, 0.1) is 6.10 Å². The molecular weight excluding hydrogens is 211 g/mol. The molecule has 1 unspecified atom stereocenters. The van der Waals surface area contributed by atoms with Crippen LogP contribution in [0.5, 0.6) is 0 Å². The summed E-state index contributed by atoms with van der Waals surface area (Å²) in [5.74, 6) is 2.35. The first-order valence-corrected chi connectivity index (χ1v) is 6.44. The predicted molar refractivity (Wildman–Crippen MR) is 61.4 cm³/mol. The molecule has 82 valence electrons. The van der Waals surface area contributed by atoms with E-state index in [2.05, 4.69) is 0 Å². The number of aliphatic hydroxyl groups excluding tert-OH is 1. The Bertz CT molecular complexity index is 306. The molecule has 1 N–H and O–H groups in total. The molecule has 0 aliphatic carbocycles. The molecule has 0 bridgehead atoms. The molecule has 1 aromatic carbocycles. The van der Waals surface area contributed by atoms with Crippen molar-refractivity contribution in [2.45, 2.75) is 18.9 Å². The molecule has 2 rings (SSSR count). The minimum absolute atomic E-state index is 0.245. The van der Waals surface area contributed by atoms with Crippen LogP contribution in [0.4, 0.5) is 4.39 Å². The second kappa shape index (κ2) is 4.99. The molecule has 0 spiro atoms. The average Bonchev–Trinajstić information content (AvgIpc) is 2.30. The van der Waals surface area contributed by atoms with Gasteiger partial charge in [-0.05, 0) is 48.0 Å². The lowest BCUT2D eigenvalue weighted by Crippen LogP contribution is -2.18. The quantitative estimate of drug-likeness (QED) is 0.836. The summed E-state index contributed by atoms with van der Waals surface area (Å²) in [6.45, 7) is 0. The van der Waals surface area contributed by atoms with E-state index in [1.54, 1.807) is 12.1 Å². The molecule has 1 aliphatic rings. The zero-order chi connectivity index (χ0) is 10.7. The van der Waals surface area contributed by atoms with E-state index in [9.17, 15) is 9.50 Å². The van der Waals surface area contributed by atoms with E-state index in [4.69, 9.17) is 0 Å². The summed E-state index contributed by atoms with van der Waals surface area (Å²) in [7, 11) is 0. The Morgan fingerprint density at radius 2 is 1.80 bits per heavy atom. The fourth-order valence-electron chi connectivity index (χ4n) is 1.96. The SMILES string of the molecule is OC(c1ccc(F)cc1)C1CCSCC1. The van der Waals surface area contributed by atoms with Crippen molar-refractivity contribution in [1.29, 1.82) is 0 Å². The number of benzene rings is 1. The van der Waals surface area contributed by atoms with E-state index in [0.717, 1.165) is 29.9 Å². The fraction of sp³-hybridized carbons (Fsp3) is 0.500. The summed E-state index contributed by atoms with van der Waals surface area (Å²) in [6.07, 6.45) is 1.69. The van der Waals surface area contributed by atoms with Crippen molar-refractivity contribution in [3.63, 3.8) is 0 Å². The highest BCUT2D eigenvalue weighted by Crippen LogP contribution is 2.33. The van der Waals surface area contributed by atoms with Crippen LogP contribution in [-0.2, 0) is 0 Å². The Labute approximate surface area is 93.7 Å². The van der Waals surface area contributed by atoms with Gasteiger partial charge >= 0.3 is 0 Å². The summed E-state index contributed by atoms with van der Waals surface area (Å²) in [5.41, 5.74) is 0.841. The summed E-state index contributed by atoms with van der Waals surface area (Å²) >= 11 is 1.94. The fourth-order valence-corrected chi connectivity index (χ4v) is 3.11. The van der Waals surface area contributed by atoms with E-state index < -0.39 is 6.10 Å². The van der Waals surface area contributed by atoms with E-state index in [0.29, 0.717) is 5.92 Å². The third-order valence-corrected chi connectivity index (χ3v) is 3.97. The number of aliphatic hydroxyl groups is 1. The molecule has 0 radical (unpaired) electrons. The third-order valence-electron chi connectivity index (χ3n) is 2.92. The van der Waals surface area contributed by atoms with Crippen LogP contribution in [0.25, 0.3) is 0 Å². The van der Waals surface area contributed by atoms with E-state index in [-0.39, 0.29) is 5.82 Å². The maximum Gasteiger partial charge on any atom is 0.123 e. The number of hydrogen-bond donors (Lipinski definition) is 1. The summed E-state index contributed by atoms with van der Waals surface area (Å²) in [4.78, 5) is 0. The van der Waals surface area contributed by atoms with Crippen LogP contribution in [0, 0.1) is 11.7 Å². The Morgan fingerprint density at radius 1 is 1.20 bits per heavy atom. The topological polar surface area (TPSA) is 20.2 Å². The summed E-state index contributed by atoms with van der Waals surface area (Å²) < 4.78 is 12.7. The van der Waals surface area contributed by atoms with Crippen LogP contribution in [0.1, 0.15) is 24.5 Å². The highest BCUT2D eigenvalue weighted by atomic mass is 32.2. The second-order valence-electron chi connectivity index (χ2n) is 3.95. The van der Waals surface area contributed by atoms with Gasteiger partial charge in [0.25, 0.3) is 0 Å². The van der Waals surface area contributed by atoms with Gasteiger partial charge in [-0.3, -0.25) is 0 Å². The van der Waals surface area contributed by atoms with Gasteiger partial charge in [-0.15, -0.1) is 0 Å². The molecule has 15 heavy (non-hydrogen) atoms. The van der Waals surface area contributed by atoms with Crippen molar-refractivity contribution in [2.24, 2.45) is 5.92 Å². The number of rotatable bonds is 2. The first-order chi connectivity index (χ1) is 7.27. The molecule has 0 aromatic heterocycles. The van der Waals surface area contributed by atoms with Crippen LogP contribution < -0.4 is 0 Å². The second-order valence-corrected chi connectivity index (χ2v) is 5.17. The molecule has 1 saturated heterocycles. The Morgan fingerprint density at radius 3 is 2.40 bits per heavy atom. The zero-order valence-corrected chi connectivity index (χ0v) is 9.34. The molecule has 1 aromatic rings. The van der Waals surface area contributed by atoms with Gasteiger partial charge in [-0.1, -0.05) is 12.1 Å². The van der Waals surface area contributed by atoms with Crippen molar-refractivity contribution in [3.8, 4) is 0 Å². The van der Waals surface area contributed by atoms with Gasteiger partial charge in [-0.25, -0.2) is 4.39 Å². The van der Waals surface area contributed by atoms with Crippen molar-refractivity contribution < 1.29 is 9.50 Å². The van der Waals surface area contributed by atoms with Gasteiger partial charge in [-0.2, -0.15) is 11.8 Å². The van der Waals surface area contributed by atoms with E-state index in [1.807, 2.05) is 11.8 Å². The van der Waals surface area contributed by atoms with Gasteiger partial charge in [0.15, 0.2) is 0 Å². The molecule has 0 saturated carbocycles. The van der Waals surface area contributed by atoms with Gasteiger partial charge in [0, 0.05) is 0 Å². The lowest BCUT2D eigenvalue weighted by molar-refractivity contribution is 0.103. The molecule has 1 atom stereocenters. The van der Waals surface area contributed by atoms with Crippen LogP contribution in [-0.4, -0.2) is 16.6 Å². The van der Waals surface area contributed by atoms with Gasteiger partial charge < -0.3 is 5.11 Å². The highest BCUT2D eigenvalue weighted by Gasteiger charge is 2.22. The molecule has 1 nitrogen and oxygen atoms in total.